The summed E-state index contributed by atoms with van der Waals surface area (Å²) in [5.41, 5.74) is 9.47. The summed E-state index contributed by atoms with van der Waals surface area (Å²) >= 11 is 4.89. The van der Waals surface area contributed by atoms with Gasteiger partial charge < -0.3 is 11.1 Å². The van der Waals surface area contributed by atoms with Crippen LogP contribution >= 0.6 is 27.3 Å². The second kappa shape index (κ2) is 7.47. The van der Waals surface area contributed by atoms with Crippen molar-refractivity contribution in [2.75, 3.05) is 11.1 Å². The van der Waals surface area contributed by atoms with Gasteiger partial charge in [0.1, 0.15) is 16.7 Å². The predicted molar refractivity (Wildman–Crippen MR) is 121 cm³/mol. The maximum Gasteiger partial charge on any atom is 0.258 e. The number of carbonyl (C=O) groups excluding carboxylic acids is 1. The molecule has 4 heterocycles. The molecule has 3 N–H and O–H groups in total. The molecule has 0 unspecified atom stereocenters. The minimum Gasteiger partial charge on any atom is -0.382 e. The number of hydrogen-bond acceptors (Lipinski definition) is 7. The molecular weight excluding hydrogens is 466 g/mol. The minimum absolute atomic E-state index is 0.265. The van der Waals surface area contributed by atoms with Crippen molar-refractivity contribution in [2.24, 2.45) is 0 Å². The summed E-state index contributed by atoms with van der Waals surface area (Å²) in [4.78, 5) is 25.4. The monoisotopic (exact) mass is 479 g/mol. The summed E-state index contributed by atoms with van der Waals surface area (Å²) < 4.78 is 3.23. The molecule has 148 valence electrons. The first kappa shape index (κ1) is 18.6. The summed E-state index contributed by atoms with van der Waals surface area (Å²) in [5, 5.41) is 10.1. The van der Waals surface area contributed by atoms with Gasteiger partial charge in [-0.3, -0.25) is 14.5 Å². The summed E-state index contributed by atoms with van der Waals surface area (Å²) in [6.45, 7) is 0.568. The van der Waals surface area contributed by atoms with Crippen LogP contribution < -0.4 is 11.1 Å². The van der Waals surface area contributed by atoms with Gasteiger partial charge in [0.05, 0.1) is 38.9 Å². The molecule has 0 fully saturated rings. The SMILES string of the molecule is Nc1ncnc2c(C(=O)Nc3cccc4c3c(Br)nn4Cc3cccnc3)csc12. The van der Waals surface area contributed by atoms with Crippen molar-refractivity contribution in [3.8, 4) is 0 Å². The number of thiophene rings is 1. The van der Waals surface area contributed by atoms with Crippen LogP contribution in [0.3, 0.4) is 0 Å². The van der Waals surface area contributed by atoms with E-state index in [0.717, 1.165) is 16.5 Å². The molecule has 0 aliphatic carbocycles. The zero-order valence-corrected chi connectivity index (χ0v) is 17.8. The summed E-state index contributed by atoms with van der Waals surface area (Å²) in [7, 11) is 0. The van der Waals surface area contributed by atoms with Gasteiger partial charge in [-0.25, -0.2) is 9.97 Å². The molecule has 5 rings (SSSR count). The van der Waals surface area contributed by atoms with Gasteiger partial charge in [-0.05, 0) is 39.7 Å². The van der Waals surface area contributed by atoms with Crippen LogP contribution in [0.1, 0.15) is 15.9 Å². The molecule has 0 aliphatic rings. The van der Waals surface area contributed by atoms with Gasteiger partial charge in [-0.1, -0.05) is 12.1 Å². The molecule has 8 nitrogen and oxygen atoms in total. The summed E-state index contributed by atoms with van der Waals surface area (Å²) in [6.07, 6.45) is 4.91. The maximum atomic E-state index is 13.0. The van der Waals surface area contributed by atoms with E-state index in [2.05, 4.69) is 41.3 Å². The molecule has 1 aromatic carbocycles. The Labute approximate surface area is 182 Å². The standard InChI is InChI=1S/C20H14BrN7OS/c21-18-15-13(26-20(29)12-9-30-17-16(12)24-10-25-19(17)22)4-1-5-14(15)28(27-18)8-11-3-2-6-23-7-11/h1-7,9-10H,8H2,(H,26,29)(H2,22,24,25). The van der Waals surface area contributed by atoms with E-state index >= 15 is 0 Å². The first-order chi connectivity index (χ1) is 14.6. The molecule has 0 atom stereocenters. The molecule has 0 saturated heterocycles. The van der Waals surface area contributed by atoms with E-state index in [0.29, 0.717) is 38.4 Å². The van der Waals surface area contributed by atoms with Gasteiger partial charge in [-0.15, -0.1) is 11.3 Å². The molecule has 1 amide bonds. The van der Waals surface area contributed by atoms with Crippen molar-refractivity contribution in [2.45, 2.75) is 6.54 Å². The highest BCUT2D eigenvalue weighted by atomic mass is 79.9. The molecule has 0 radical (unpaired) electrons. The predicted octanol–water partition coefficient (Wildman–Crippen LogP) is 4.08. The van der Waals surface area contributed by atoms with E-state index in [1.54, 1.807) is 11.6 Å². The van der Waals surface area contributed by atoms with Crippen LogP contribution in [0.5, 0.6) is 0 Å². The van der Waals surface area contributed by atoms with Crippen molar-refractivity contribution < 1.29 is 4.79 Å². The van der Waals surface area contributed by atoms with Gasteiger partial charge in [0, 0.05) is 17.8 Å². The normalized spacial score (nSPS) is 11.2. The molecule has 0 spiro atoms. The molecule has 0 aliphatic heterocycles. The average Bonchev–Trinajstić information content (AvgIpc) is 3.32. The number of fused-ring (bicyclic) bond motifs is 2. The summed E-state index contributed by atoms with van der Waals surface area (Å²) in [6, 6.07) is 9.59. The number of aromatic nitrogens is 5. The van der Waals surface area contributed by atoms with Crippen molar-refractivity contribution in [3.63, 3.8) is 0 Å². The first-order valence-electron chi connectivity index (χ1n) is 8.95. The number of rotatable bonds is 4. The number of halogens is 1. The van der Waals surface area contributed by atoms with Crippen LogP contribution in [-0.2, 0) is 6.54 Å². The third kappa shape index (κ3) is 3.19. The number of hydrogen-bond donors (Lipinski definition) is 2. The highest BCUT2D eigenvalue weighted by Gasteiger charge is 2.19. The topological polar surface area (TPSA) is 112 Å². The lowest BCUT2D eigenvalue weighted by Gasteiger charge is -2.07. The Morgan fingerprint density at radius 3 is 2.97 bits per heavy atom. The van der Waals surface area contributed by atoms with E-state index in [1.807, 2.05) is 41.2 Å². The zero-order valence-electron chi connectivity index (χ0n) is 15.4. The van der Waals surface area contributed by atoms with Gasteiger partial charge in [0.25, 0.3) is 5.91 Å². The Bertz CT molecular complexity index is 1400. The smallest absolute Gasteiger partial charge is 0.258 e. The van der Waals surface area contributed by atoms with Crippen LogP contribution in [0.4, 0.5) is 11.5 Å². The number of anilines is 2. The summed E-state index contributed by atoms with van der Waals surface area (Å²) in [5.74, 6) is 0.101. The Kier molecular flexibility index (Phi) is 4.64. The molecule has 5 aromatic rings. The third-order valence-corrected chi connectivity index (χ3v) is 6.21. The number of benzene rings is 1. The number of pyridine rings is 1. The molecule has 0 bridgehead atoms. The molecule has 10 heteroatoms. The zero-order chi connectivity index (χ0) is 20.7. The van der Waals surface area contributed by atoms with Crippen LogP contribution in [0, 0.1) is 0 Å². The molecule has 4 aromatic heterocycles. The second-order valence-corrected chi connectivity index (χ2v) is 8.18. The van der Waals surface area contributed by atoms with Crippen molar-refractivity contribution in [1.29, 1.82) is 0 Å². The number of nitrogens with two attached hydrogens (primary N) is 1. The third-order valence-electron chi connectivity index (χ3n) is 4.66. The Balaban J connectivity index is 1.51. The molecule has 30 heavy (non-hydrogen) atoms. The number of amides is 1. The highest BCUT2D eigenvalue weighted by Crippen LogP contribution is 2.33. The Hall–Kier alpha value is -3.37. The first-order valence-corrected chi connectivity index (χ1v) is 10.6. The Morgan fingerprint density at radius 2 is 2.13 bits per heavy atom. The van der Waals surface area contributed by atoms with E-state index < -0.39 is 0 Å². The maximum absolute atomic E-state index is 13.0. The van der Waals surface area contributed by atoms with Gasteiger partial charge >= 0.3 is 0 Å². The number of nitrogens with one attached hydrogen (secondary N) is 1. The van der Waals surface area contributed by atoms with Crippen molar-refractivity contribution >= 4 is 65.8 Å². The number of carbonyl (C=O) groups is 1. The van der Waals surface area contributed by atoms with Crippen LogP contribution in [0.25, 0.3) is 21.1 Å². The van der Waals surface area contributed by atoms with Crippen LogP contribution in [0.2, 0.25) is 0 Å². The average molecular weight is 480 g/mol. The highest BCUT2D eigenvalue weighted by molar-refractivity contribution is 9.10. The van der Waals surface area contributed by atoms with Crippen LogP contribution in [-0.4, -0.2) is 30.6 Å². The van der Waals surface area contributed by atoms with Crippen molar-refractivity contribution in [1.82, 2.24) is 24.7 Å². The van der Waals surface area contributed by atoms with E-state index in [4.69, 9.17) is 5.73 Å². The largest absolute Gasteiger partial charge is 0.382 e. The fraction of sp³-hybridized carbons (Fsp3) is 0.0500. The Morgan fingerprint density at radius 1 is 1.23 bits per heavy atom. The van der Waals surface area contributed by atoms with Gasteiger partial charge in [0.2, 0.25) is 0 Å². The fourth-order valence-corrected chi connectivity index (χ4v) is 4.80. The lowest BCUT2D eigenvalue weighted by atomic mass is 10.2. The number of nitrogen functional groups attached to an aromatic ring is 1. The lowest BCUT2D eigenvalue weighted by molar-refractivity contribution is 0.102. The minimum atomic E-state index is -0.265. The van der Waals surface area contributed by atoms with E-state index in [-0.39, 0.29) is 5.91 Å². The van der Waals surface area contributed by atoms with E-state index in [1.165, 1.54) is 17.7 Å². The number of nitrogens with zero attached hydrogens (tertiary/aromatic N) is 5. The second-order valence-electron chi connectivity index (χ2n) is 6.55. The molecule has 0 saturated carbocycles. The quantitative estimate of drug-likeness (QED) is 0.401. The molecular formula is C20H14BrN7OS. The fourth-order valence-electron chi connectivity index (χ4n) is 3.29. The van der Waals surface area contributed by atoms with Gasteiger partial charge in [0.15, 0.2) is 0 Å². The van der Waals surface area contributed by atoms with Gasteiger partial charge in [-0.2, -0.15) is 5.10 Å². The van der Waals surface area contributed by atoms with Crippen molar-refractivity contribution in [3.05, 3.63) is 70.2 Å². The van der Waals surface area contributed by atoms with Crippen LogP contribution in [0.15, 0.2) is 59.0 Å². The lowest BCUT2D eigenvalue weighted by Crippen LogP contribution is -2.12. The van der Waals surface area contributed by atoms with E-state index in [9.17, 15) is 4.79 Å².